The van der Waals surface area contributed by atoms with Crippen molar-refractivity contribution in [3.63, 3.8) is 0 Å². The van der Waals surface area contributed by atoms with Gasteiger partial charge in [-0.2, -0.15) is 0 Å². The van der Waals surface area contributed by atoms with Gasteiger partial charge < -0.3 is 10.1 Å². The van der Waals surface area contributed by atoms with Crippen molar-refractivity contribution >= 4 is 46.5 Å². The summed E-state index contributed by atoms with van der Waals surface area (Å²) in [7, 11) is 0. The van der Waals surface area contributed by atoms with Gasteiger partial charge in [0, 0.05) is 22.9 Å². The molecule has 3 nitrogen and oxygen atoms in total. The summed E-state index contributed by atoms with van der Waals surface area (Å²) >= 11 is 12.7. The molecule has 2 N–H and O–H groups in total. The molecule has 160 valence electrons. The maximum absolute atomic E-state index is 13.1. The van der Waals surface area contributed by atoms with Gasteiger partial charge in [-0.05, 0) is 41.1 Å². The zero-order valence-corrected chi connectivity index (χ0v) is 19.4. The second-order valence-corrected chi connectivity index (χ2v) is 9.44. The molecule has 0 saturated heterocycles. The van der Waals surface area contributed by atoms with Crippen LogP contribution in [0, 0.1) is 3.95 Å². The molecule has 0 radical (unpaired) electrons. The molecule has 32 heavy (non-hydrogen) atoms. The van der Waals surface area contributed by atoms with Crippen LogP contribution in [0.1, 0.15) is 38.7 Å². The lowest BCUT2D eigenvalue weighted by Gasteiger charge is -2.16. The molecule has 0 aliphatic heterocycles. The fourth-order valence-corrected chi connectivity index (χ4v) is 4.87. The van der Waals surface area contributed by atoms with E-state index in [4.69, 9.17) is 23.8 Å². The third kappa shape index (κ3) is 5.25. The number of H-pyrrole nitrogens is 1. The van der Waals surface area contributed by atoms with Gasteiger partial charge in [-0.15, -0.1) is 11.3 Å². The van der Waals surface area contributed by atoms with Crippen molar-refractivity contribution in [1.82, 2.24) is 4.98 Å². The first-order chi connectivity index (χ1) is 15.5. The number of aromatic nitrogens is 1. The number of aromatic amines is 1. The Labute approximate surface area is 200 Å². The Bertz CT molecular complexity index is 1290. The molecule has 1 unspecified atom stereocenters. The van der Waals surface area contributed by atoms with Crippen LogP contribution in [0.4, 0.5) is 0 Å². The van der Waals surface area contributed by atoms with Crippen LogP contribution >= 0.6 is 35.2 Å². The molecular weight excluding hydrogens is 458 g/mol. The van der Waals surface area contributed by atoms with Crippen LogP contribution in [0.25, 0.3) is 5.57 Å². The Hall–Kier alpha value is -2.99. The molecule has 0 aliphatic rings. The first-order valence-corrected chi connectivity index (χ1v) is 11.6. The summed E-state index contributed by atoms with van der Waals surface area (Å²) in [6.07, 6.45) is 2.25. The number of hydrogen-bond donors (Lipinski definition) is 2. The smallest absolute Gasteiger partial charge is 0.204 e. The van der Waals surface area contributed by atoms with E-state index in [1.165, 1.54) is 11.3 Å². The van der Waals surface area contributed by atoms with Crippen molar-refractivity contribution in [1.29, 1.82) is 0 Å². The van der Waals surface area contributed by atoms with E-state index < -0.39 is 0 Å². The van der Waals surface area contributed by atoms with Gasteiger partial charge in [-0.25, -0.2) is 0 Å². The maximum atomic E-state index is 13.1. The van der Waals surface area contributed by atoms with Crippen LogP contribution in [-0.2, 0) is 0 Å². The number of halogens is 1. The average molecular weight is 478 g/mol. The van der Waals surface area contributed by atoms with Gasteiger partial charge in [0.2, 0.25) is 5.88 Å². The van der Waals surface area contributed by atoms with Crippen LogP contribution in [0.3, 0.4) is 0 Å². The van der Waals surface area contributed by atoms with Crippen LogP contribution in [0.2, 0.25) is 5.02 Å². The summed E-state index contributed by atoms with van der Waals surface area (Å²) in [6.45, 7) is 0. The lowest BCUT2D eigenvalue weighted by atomic mass is 9.90. The van der Waals surface area contributed by atoms with Gasteiger partial charge in [0.25, 0.3) is 0 Å². The summed E-state index contributed by atoms with van der Waals surface area (Å²) < 4.78 is 0.500. The summed E-state index contributed by atoms with van der Waals surface area (Å²) in [5, 5.41) is 11.1. The van der Waals surface area contributed by atoms with Gasteiger partial charge in [0.15, 0.2) is 9.74 Å². The van der Waals surface area contributed by atoms with E-state index in [1.807, 2.05) is 91.0 Å². The third-order valence-electron chi connectivity index (χ3n) is 5.13. The minimum atomic E-state index is -0.275. The first-order valence-electron chi connectivity index (χ1n) is 10.0. The van der Waals surface area contributed by atoms with Crippen LogP contribution in [-0.4, -0.2) is 15.9 Å². The topological polar surface area (TPSA) is 53.1 Å². The highest BCUT2D eigenvalue weighted by Gasteiger charge is 2.21. The number of carbonyl (C=O) groups excluding carboxylic acids is 1. The van der Waals surface area contributed by atoms with Crippen molar-refractivity contribution in [2.45, 2.75) is 12.3 Å². The van der Waals surface area contributed by atoms with Crippen LogP contribution < -0.4 is 0 Å². The number of carbonyl (C=O) groups is 1. The van der Waals surface area contributed by atoms with E-state index in [-0.39, 0.29) is 24.0 Å². The third-order valence-corrected chi connectivity index (χ3v) is 6.69. The fraction of sp³-hybridized carbons (Fsp3) is 0.0769. The van der Waals surface area contributed by atoms with E-state index in [9.17, 15) is 9.90 Å². The molecule has 0 amide bonds. The zero-order valence-electron chi connectivity index (χ0n) is 17.0. The molecule has 4 aromatic rings. The predicted molar refractivity (Wildman–Crippen MR) is 134 cm³/mol. The quantitative estimate of drug-likeness (QED) is 0.212. The standard InChI is InChI=1S/C26H20ClNO2S2/c27-21-13-11-17(12-14-21)20(16-23(29)19-9-5-2-6-10-19)15-22(18-7-3-1-4-8-18)24-25(30)28-26(31)32-24/h1-15,22,30H,16H2,(H,28,31). The van der Waals surface area contributed by atoms with Crippen LogP contribution in [0.5, 0.6) is 5.88 Å². The minimum absolute atomic E-state index is 0.0181. The second kappa shape index (κ2) is 10.1. The van der Waals surface area contributed by atoms with Gasteiger partial charge in [-0.1, -0.05) is 90.5 Å². The molecule has 1 heterocycles. The van der Waals surface area contributed by atoms with Gasteiger partial charge in [0.1, 0.15) is 0 Å². The summed E-state index contributed by atoms with van der Waals surface area (Å²) in [5.74, 6) is -0.206. The Morgan fingerprint density at radius 1 is 0.969 bits per heavy atom. The predicted octanol–water partition coefficient (Wildman–Crippen LogP) is 7.65. The van der Waals surface area contributed by atoms with E-state index in [0.717, 1.165) is 16.7 Å². The Morgan fingerprint density at radius 3 is 2.19 bits per heavy atom. The molecular formula is C26H20ClNO2S2. The monoisotopic (exact) mass is 477 g/mol. The van der Waals surface area contributed by atoms with E-state index in [2.05, 4.69) is 4.98 Å². The normalized spacial score (nSPS) is 12.5. The van der Waals surface area contributed by atoms with Crippen molar-refractivity contribution < 1.29 is 9.90 Å². The number of benzene rings is 3. The average Bonchev–Trinajstić information content (AvgIpc) is 3.15. The van der Waals surface area contributed by atoms with Gasteiger partial charge >= 0.3 is 0 Å². The highest BCUT2D eigenvalue weighted by Crippen LogP contribution is 2.38. The lowest BCUT2D eigenvalue weighted by Crippen LogP contribution is -2.03. The molecule has 0 aliphatic carbocycles. The molecule has 0 fully saturated rings. The van der Waals surface area contributed by atoms with Crippen molar-refractivity contribution in [3.05, 3.63) is 122 Å². The largest absolute Gasteiger partial charge is 0.494 e. The summed E-state index contributed by atoms with van der Waals surface area (Å²) in [4.78, 5) is 16.6. The highest BCUT2D eigenvalue weighted by atomic mass is 35.5. The molecule has 1 atom stereocenters. The fourth-order valence-electron chi connectivity index (χ4n) is 3.55. The summed E-state index contributed by atoms with van der Waals surface area (Å²) in [5.41, 5.74) is 3.40. The minimum Gasteiger partial charge on any atom is -0.494 e. The molecule has 4 rings (SSSR count). The van der Waals surface area contributed by atoms with Gasteiger partial charge in [0.05, 0.1) is 4.88 Å². The SMILES string of the molecule is O=C(CC(=CC(c1ccccc1)c1sc(=S)[nH]c1O)c1ccc(Cl)cc1)c1ccccc1. The zero-order chi connectivity index (χ0) is 22.5. The highest BCUT2D eigenvalue weighted by molar-refractivity contribution is 7.73. The maximum Gasteiger partial charge on any atom is 0.204 e. The lowest BCUT2D eigenvalue weighted by molar-refractivity contribution is 0.0998. The van der Waals surface area contributed by atoms with Crippen molar-refractivity contribution in [2.24, 2.45) is 0 Å². The number of ketones is 1. The van der Waals surface area contributed by atoms with E-state index in [0.29, 0.717) is 19.4 Å². The Balaban J connectivity index is 1.83. The van der Waals surface area contributed by atoms with E-state index in [1.54, 1.807) is 0 Å². The molecule has 1 aromatic heterocycles. The number of thiazole rings is 1. The van der Waals surface area contributed by atoms with Crippen molar-refractivity contribution in [3.8, 4) is 5.88 Å². The molecule has 0 spiro atoms. The summed E-state index contributed by atoms with van der Waals surface area (Å²) in [6, 6.07) is 26.5. The molecule has 0 saturated carbocycles. The Morgan fingerprint density at radius 2 is 1.59 bits per heavy atom. The van der Waals surface area contributed by atoms with Crippen molar-refractivity contribution in [2.75, 3.05) is 0 Å². The number of rotatable bonds is 7. The number of hydrogen-bond acceptors (Lipinski definition) is 4. The molecule has 0 bridgehead atoms. The number of Topliss-reactive ketones (excluding diaryl/α,β-unsaturated/α-hetero) is 1. The second-order valence-electron chi connectivity index (χ2n) is 7.28. The molecule has 6 heteroatoms. The van der Waals surface area contributed by atoms with Crippen LogP contribution in [0.15, 0.2) is 91.0 Å². The molecule has 3 aromatic carbocycles. The van der Waals surface area contributed by atoms with Gasteiger partial charge in [-0.3, -0.25) is 4.79 Å². The Kier molecular flexibility index (Phi) is 7.00. The first kappa shape index (κ1) is 22.2. The number of aromatic hydroxyl groups is 1. The number of allylic oxidation sites excluding steroid dienone is 2. The number of nitrogens with one attached hydrogen (secondary N) is 1. The van der Waals surface area contributed by atoms with E-state index >= 15 is 0 Å².